The highest BCUT2D eigenvalue weighted by Crippen LogP contribution is 2.33. The van der Waals surface area contributed by atoms with Crippen LogP contribution in [0.5, 0.6) is 0 Å². The number of hydrogen-bond acceptors (Lipinski definition) is 0. The van der Waals surface area contributed by atoms with Gasteiger partial charge in [-0.3, -0.25) is 0 Å². The topological polar surface area (TPSA) is 19.9 Å². The average molecular weight is 358 g/mol. The molecule has 147 valence electrons. The summed E-state index contributed by atoms with van der Waals surface area (Å²) in [5.41, 5.74) is 2.89. The van der Waals surface area contributed by atoms with Gasteiger partial charge in [-0.2, -0.15) is 0 Å². The van der Waals surface area contributed by atoms with Crippen molar-refractivity contribution in [2.24, 2.45) is 11.8 Å². The fourth-order valence-electron chi connectivity index (χ4n) is 4.49. The van der Waals surface area contributed by atoms with Crippen LogP contribution in [0.2, 0.25) is 0 Å². The molecule has 0 heterocycles. The Labute approximate surface area is 162 Å². The SMILES string of the molecule is CCCCC([O])CCC(C)c1ccc(CC[C@H]2CC[C@H](CC)CC2)cc1. The predicted octanol–water partition coefficient (Wildman–Crippen LogP) is 7.71. The predicted molar refractivity (Wildman–Crippen MR) is 112 cm³/mol. The van der Waals surface area contributed by atoms with Gasteiger partial charge in [-0.15, -0.1) is 0 Å². The van der Waals surface area contributed by atoms with Crippen LogP contribution in [-0.2, 0) is 11.5 Å². The second kappa shape index (κ2) is 11.8. The van der Waals surface area contributed by atoms with Crippen LogP contribution in [-0.4, -0.2) is 6.10 Å². The quantitative estimate of drug-likeness (QED) is 0.386. The Morgan fingerprint density at radius 2 is 1.58 bits per heavy atom. The van der Waals surface area contributed by atoms with Crippen molar-refractivity contribution in [1.82, 2.24) is 0 Å². The van der Waals surface area contributed by atoms with E-state index in [2.05, 4.69) is 45.0 Å². The molecule has 1 fully saturated rings. The summed E-state index contributed by atoms with van der Waals surface area (Å²) in [5, 5.41) is 12.0. The molecule has 1 saturated carbocycles. The van der Waals surface area contributed by atoms with Crippen molar-refractivity contribution < 1.29 is 5.11 Å². The van der Waals surface area contributed by atoms with Crippen molar-refractivity contribution in [3.8, 4) is 0 Å². The Hall–Kier alpha value is -0.820. The van der Waals surface area contributed by atoms with Crippen LogP contribution in [0.3, 0.4) is 0 Å². The molecule has 1 radical (unpaired) electrons. The second-order valence-corrected chi connectivity index (χ2v) is 8.82. The first-order chi connectivity index (χ1) is 12.6. The van der Waals surface area contributed by atoms with Crippen molar-refractivity contribution in [1.29, 1.82) is 0 Å². The van der Waals surface area contributed by atoms with Crippen molar-refractivity contribution in [2.45, 2.75) is 110 Å². The van der Waals surface area contributed by atoms with Crippen LogP contribution in [0.25, 0.3) is 0 Å². The van der Waals surface area contributed by atoms with Gasteiger partial charge in [0.05, 0.1) is 6.10 Å². The van der Waals surface area contributed by atoms with Crippen molar-refractivity contribution >= 4 is 0 Å². The number of rotatable bonds is 11. The van der Waals surface area contributed by atoms with E-state index in [1.807, 2.05) is 0 Å². The summed E-state index contributed by atoms with van der Waals surface area (Å²) in [6.07, 6.45) is 14.3. The first kappa shape index (κ1) is 21.5. The van der Waals surface area contributed by atoms with E-state index in [4.69, 9.17) is 0 Å². The Kier molecular flexibility index (Phi) is 9.75. The monoisotopic (exact) mass is 357 g/mol. The van der Waals surface area contributed by atoms with Gasteiger partial charge < -0.3 is 0 Å². The number of benzene rings is 1. The minimum atomic E-state index is -0.362. The third-order valence-corrected chi connectivity index (χ3v) is 6.74. The standard InChI is InChI=1S/C25H41O/c1-4-6-7-25(26)19-8-20(3)24-17-15-23(16-18-24)14-13-22-11-9-21(5-2)10-12-22/h15-18,20-22,25H,4-14,19H2,1-3H3/t20?,21-,22-,25?. The van der Waals surface area contributed by atoms with E-state index in [9.17, 15) is 5.11 Å². The fourth-order valence-corrected chi connectivity index (χ4v) is 4.49. The maximum Gasteiger partial charge on any atom is 0.0930 e. The first-order valence-corrected chi connectivity index (χ1v) is 11.4. The zero-order valence-electron chi connectivity index (χ0n) is 17.5. The maximum atomic E-state index is 12.0. The van der Waals surface area contributed by atoms with Gasteiger partial charge in [-0.05, 0) is 61.0 Å². The Morgan fingerprint density at radius 1 is 0.923 bits per heavy atom. The molecular formula is C25H41O. The summed E-state index contributed by atoms with van der Waals surface area (Å²) in [5.74, 6) is 2.46. The number of hydrogen-bond donors (Lipinski definition) is 0. The number of unbranched alkanes of at least 4 members (excludes halogenated alkanes) is 1. The van der Waals surface area contributed by atoms with E-state index in [1.165, 1.54) is 56.1 Å². The van der Waals surface area contributed by atoms with Crippen LogP contribution in [0, 0.1) is 11.8 Å². The molecule has 2 unspecified atom stereocenters. The smallest absolute Gasteiger partial charge is 0.0930 e. The van der Waals surface area contributed by atoms with E-state index in [0.29, 0.717) is 5.92 Å². The van der Waals surface area contributed by atoms with E-state index >= 15 is 0 Å². The summed E-state index contributed by atoms with van der Waals surface area (Å²) in [7, 11) is 0. The van der Waals surface area contributed by atoms with Gasteiger partial charge in [0.2, 0.25) is 0 Å². The highest BCUT2D eigenvalue weighted by molar-refractivity contribution is 5.25. The van der Waals surface area contributed by atoms with Crippen LogP contribution < -0.4 is 0 Å². The largest absolute Gasteiger partial charge is 0.233 e. The van der Waals surface area contributed by atoms with Gasteiger partial charge in [-0.25, -0.2) is 5.11 Å². The van der Waals surface area contributed by atoms with Gasteiger partial charge >= 0.3 is 0 Å². The van der Waals surface area contributed by atoms with Gasteiger partial charge in [-0.1, -0.05) is 90.0 Å². The molecule has 0 saturated heterocycles. The zero-order valence-corrected chi connectivity index (χ0v) is 17.5. The third kappa shape index (κ3) is 7.43. The molecule has 1 nitrogen and oxygen atoms in total. The molecule has 0 aliphatic heterocycles. The molecule has 2 rings (SSSR count). The maximum absolute atomic E-state index is 12.0. The molecule has 1 heteroatoms. The van der Waals surface area contributed by atoms with Crippen molar-refractivity contribution in [3.05, 3.63) is 35.4 Å². The molecule has 0 spiro atoms. The molecule has 0 amide bonds. The fraction of sp³-hybridized carbons (Fsp3) is 0.760. The molecule has 1 aliphatic carbocycles. The molecule has 1 aromatic carbocycles. The summed E-state index contributed by atoms with van der Waals surface area (Å²) in [4.78, 5) is 0. The van der Waals surface area contributed by atoms with Gasteiger partial charge in [0.25, 0.3) is 0 Å². The van der Waals surface area contributed by atoms with E-state index in [0.717, 1.165) is 43.9 Å². The van der Waals surface area contributed by atoms with Gasteiger partial charge in [0.15, 0.2) is 0 Å². The van der Waals surface area contributed by atoms with E-state index < -0.39 is 0 Å². The lowest BCUT2D eigenvalue weighted by Gasteiger charge is -2.27. The molecule has 0 aromatic heterocycles. The van der Waals surface area contributed by atoms with Crippen LogP contribution in [0.1, 0.15) is 108 Å². The minimum absolute atomic E-state index is 0.362. The normalized spacial score (nSPS) is 22.9. The van der Waals surface area contributed by atoms with E-state index in [1.54, 1.807) is 0 Å². The Bertz CT molecular complexity index is 469. The van der Waals surface area contributed by atoms with Crippen LogP contribution in [0.15, 0.2) is 24.3 Å². The average Bonchev–Trinajstić information content (AvgIpc) is 2.69. The summed E-state index contributed by atoms with van der Waals surface area (Å²) in [6.45, 7) is 6.77. The number of aryl methyl sites for hydroxylation is 1. The van der Waals surface area contributed by atoms with Crippen molar-refractivity contribution in [3.63, 3.8) is 0 Å². The summed E-state index contributed by atoms with van der Waals surface area (Å²) < 4.78 is 0. The summed E-state index contributed by atoms with van der Waals surface area (Å²) in [6, 6.07) is 9.27. The minimum Gasteiger partial charge on any atom is -0.233 e. The lowest BCUT2D eigenvalue weighted by molar-refractivity contribution is 0.0685. The van der Waals surface area contributed by atoms with Crippen LogP contribution in [0.4, 0.5) is 0 Å². The molecular weight excluding hydrogens is 316 g/mol. The Morgan fingerprint density at radius 3 is 2.19 bits per heavy atom. The third-order valence-electron chi connectivity index (χ3n) is 6.74. The van der Waals surface area contributed by atoms with Gasteiger partial charge in [0, 0.05) is 0 Å². The highest BCUT2D eigenvalue weighted by atomic mass is 16.3. The molecule has 1 aliphatic rings. The lowest BCUT2D eigenvalue weighted by Crippen LogP contribution is -2.14. The second-order valence-electron chi connectivity index (χ2n) is 8.82. The molecule has 1 aromatic rings. The molecule has 26 heavy (non-hydrogen) atoms. The molecule has 0 bridgehead atoms. The van der Waals surface area contributed by atoms with E-state index in [-0.39, 0.29) is 6.10 Å². The summed E-state index contributed by atoms with van der Waals surface area (Å²) >= 11 is 0. The Balaban J connectivity index is 1.70. The molecule has 2 atom stereocenters. The van der Waals surface area contributed by atoms with Crippen molar-refractivity contribution in [2.75, 3.05) is 0 Å². The van der Waals surface area contributed by atoms with Crippen LogP contribution >= 0.6 is 0 Å². The lowest BCUT2D eigenvalue weighted by atomic mass is 9.78. The molecule has 0 N–H and O–H groups in total. The zero-order chi connectivity index (χ0) is 18.8. The highest BCUT2D eigenvalue weighted by Gasteiger charge is 2.19. The first-order valence-electron chi connectivity index (χ1n) is 11.4. The van der Waals surface area contributed by atoms with Gasteiger partial charge in [0.1, 0.15) is 0 Å².